The maximum absolute atomic E-state index is 11.6. The van der Waals surface area contributed by atoms with Gasteiger partial charge in [-0.3, -0.25) is 4.79 Å². The lowest BCUT2D eigenvalue weighted by Gasteiger charge is -2.45. The zero-order valence-corrected chi connectivity index (χ0v) is 10.8. The molecule has 1 aliphatic heterocycles. The molecule has 2 nitrogen and oxygen atoms in total. The van der Waals surface area contributed by atoms with Gasteiger partial charge in [0.05, 0.1) is 0 Å². The first-order valence-corrected chi connectivity index (χ1v) is 7.57. The second-order valence-corrected chi connectivity index (χ2v) is 6.57. The number of rotatable bonds is 1. The van der Waals surface area contributed by atoms with E-state index in [0.717, 1.165) is 24.8 Å². The van der Waals surface area contributed by atoms with Crippen molar-refractivity contribution in [2.75, 3.05) is 6.54 Å². The standard InChI is InChI=1S/C15H25NO/c17-14-10-15(11-16-14)9-5-4-8-13(15)12-6-2-1-3-7-12/h12-13H,1-11H2,(H,16,17)/t13-,15-/m1/s1. The van der Waals surface area contributed by atoms with Gasteiger partial charge < -0.3 is 5.32 Å². The zero-order chi connectivity index (χ0) is 11.7. The van der Waals surface area contributed by atoms with Crippen LogP contribution >= 0.6 is 0 Å². The smallest absolute Gasteiger partial charge is 0.220 e. The Balaban J connectivity index is 1.77. The van der Waals surface area contributed by atoms with Gasteiger partial charge >= 0.3 is 0 Å². The Bertz CT molecular complexity index is 295. The Hall–Kier alpha value is -0.530. The van der Waals surface area contributed by atoms with Crippen LogP contribution in [0.5, 0.6) is 0 Å². The largest absolute Gasteiger partial charge is 0.356 e. The molecule has 1 amide bonds. The molecule has 0 radical (unpaired) electrons. The van der Waals surface area contributed by atoms with Crippen LogP contribution in [0, 0.1) is 17.3 Å². The van der Waals surface area contributed by atoms with Crippen molar-refractivity contribution in [3.05, 3.63) is 0 Å². The normalized spacial score (nSPS) is 39.5. The summed E-state index contributed by atoms with van der Waals surface area (Å²) in [5.41, 5.74) is 0.358. The number of hydrogen-bond acceptors (Lipinski definition) is 1. The van der Waals surface area contributed by atoms with Crippen LogP contribution in [0.3, 0.4) is 0 Å². The van der Waals surface area contributed by atoms with E-state index in [1.54, 1.807) is 0 Å². The SMILES string of the molecule is O=C1C[C@]2(CCCC[C@@H]2C2CCCCC2)CN1. The first-order chi connectivity index (χ1) is 8.30. The van der Waals surface area contributed by atoms with Gasteiger partial charge in [-0.15, -0.1) is 0 Å². The summed E-state index contributed by atoms with van der Waals surface area (Å²) in [6, 6.07) is 0. The molecule has 0 aromatic rings. The van der Waals surface area contributed by atoms with Gasteiger partial charge in [0.1, 0.15) is 0 Å². The monoisotopic (exact) mass is 235 g/mol. The topological polar surface area (TPSA) is 29.1 Å². The van der Waals surface area contributed by atoms with E-state index in [9.17, 15) is 4.79 Å². The van der Waals surface area contributed by atoms with Crippen molar-refractivity contribution < 1.29 is 4.79 Å². The van der Waals surface area contributed by atoms with Crippen LogP contribution in [-0.2, 0) is 4.79 Å². The Morgan fingerprint density at radius 1 is 1.00 bits per heavy atom. The van der Waals surface area contributed by atoms with Crippen molar-refractivity contribution in [1.82, 2.24) is 5.32 Å². The number of amides is 1. The van der Waals surface area contributed by atoms with Crippen LogP contribution in [0.4, 0.5) is 0 Å². The predicted molar refractivity (Wildman–Crippen MR) is 68.6 cm³/mol. The summed E-state index contributed by atoms with van der Waals surface area (Å²) in [5, 5.41) is 3.11. The first-order valence-electron chi connectivity index (χ1n) is 7.57. The van der Waals surface area contributed by atoms with Crippen LogP contribution in [0.2, 0.25) is 0 Å². The van der Waals surface area contributed by atoms with Crippen LogP contribution in [-0.4, -0.2) is 12.5 Å². The molecular formula is C15H25NO. The molecule has 1 heterocycles. The molecule has 0 aromatic heterocycles. The van der Waals surface area contributed by atoms with Gasteiger partial charge in [0, 0.05) is 13.0 Å². The summed E-state index contributed by atoms with van der Waals surface area (Å²) in [7, 11) is 0. The third-order valence-electron chi connectivity index (χ3n) is 5.60. The molecular weight excluding hydrogens is 210 g/mol. The molecule has 1 spiro atoms. The Morgan fingerprint density at radius 3 is 2.47 bits per heavy atom. The van der Waals surface area contributed by atoms with Gasteiger partial charge in [0.25, 0.3) is 0 Å². The zero-order valence-electron chi connectivity index (χ0n) is 10.8. The fourth-order valence-electron chi connectivity index (χ4n) is 4.76. The first kappa shape index (κ1) is 11.6. The van der Waals surface area contributed by atoms with Crippen LogP contribution < -0.4 is 5.32 Å². The van der Waals surface area contributed by atoms with Gasteiger partial charge in [-0.25, -0.2) is 0 Å². The van der Waals surface area contributed by atoms with E-state index in [2.05, 4.69) is 5.32 Å². The maximum atomic E-state index is 11.6. The Labute approximate surface area is 105 Å². The van der Waals surface area contributed by atoms with Crippen molar-refractivity contribution in [3.8, 4) is 0 Å². The second kappa shape index (κ2) is 4.62. The van der Waals surface area contributed by atoms with E-state index in [-0.39, 0.29) is 0 Å². The lowest BCUT2D eigenvalue weighted by Crippen LogP contribution is -2.40. The van der Waals surface area contributed by atoms with Gasteiger partial charge in [-0.05, 0) is 30.1 Å². The van der Waals surface area contributed by atoms with Crippen molar-refractivity contribution >= 4 is 5.91 Å². The highest BCUT2D eigenvalue weighted by Gasteiger charge is 2.48. The molecule has 2 saturated carbocycles. The molecule has 3 aliphatic rings. The molecule has 1 N–H and O–H groups in total. The molecule has 0 aromatic carbocycles. The lowest BCUT2D eigenvalue weighted by atomic mass is 9.59. The van der Waals surface area contributed by atoms with E-state index in [1.807, 2.05) is 0 Å². The molecule has 2 aliphatic carbocycles. The molecule has 2 atom stereocenters. The molecule has 96 valence electrons. The van der Waals surface area contributed by atoms with E-state index < -0.39 is 0 Å². The molecule has 0 unspecified atom stereocenters. The minimum atomic E-state index is 0.313. The predicted octanol–water partition coefficient (Wildman–Crippen LogP) is 3.26. The van der Waals surface area contributed by atoms with Gasteiger partial charge in [0.15, 0.2) is 0 Å². The van der Waals surface area contributed by atoms with E-state index in [0.29, 0.717) is 11.3 Å². The fourth-order valence-corrected chi connectivity index (χ4v) is 4.76. The molecule has 3 rings (SSSR count). The quantitative estimate of drug-likeness (QED) is 0.742. The summed E-state index contributed by atoms with van der Waals surface area (Å²) in [5.74, 6) is 2.08. The average molecular weight is 235 g/mol. The molecule has 17 heavy (non-hydrogen) atoms. The summed E-state index contributed by atoms with van der Waals surface area (Å²) in [6.07, 6.45) is 13.4. The lowest BCUT2D eigenvalue weighted by molar-refractivity contribution is -0.120. The van der Waals surface area contributed by atoms with Gasteiger partial charge in [-0.1, -0.05) is 44.9 Å². The van der Waals surface area contributed by atoms with Crippen molar-refractivity contribution in [1.29, 1.82) is 0 Å². The van der Waals surface area contributed by atoms with E-state index in [4.69, 9.17) is 0 Å². The average Bonchev–Trinajstić information content (AvgIpc) is 2.73. The number of carbonyl (C=O) groups is 1. The minimum absolute atomic E-state index is 0.313. The Morgan fingerprint density at radius 2 is 1.76 bits per heavy atom. The maximum Gasteiger partial charge on any atom is 0.220 e. The summed E-state index contributed by atoms with van der Waals surface area (Å²) >= 11 is 0. The van der Waals surface area contributed by atoms with Gasteiger partial charge in [-0.2, -0.15) is 0 Å². The van der Waals surface area contributed by atoms with Gasteiger partial charge in [0.2, 0.25) is 5.91 Å². The van der Waals surface area contributed by atoms with Crippen molar-refractivity contribution in [2.24, 2.45) is 17.3 Å². The Kier molecular flexibility index (Phi) is 3.14. The van der Waals surface area contributed by atoms with Crippen molar-refractivity contribution in [3.63, 3.8) is 0 Å². The van der Waals surface area contributed by atoms with E-state index >= 15 is 0 Å². The molecule has 0 bridgehead atoms. The van der Waals surface area contributed by atoms with Crippen LogP contribution in [0.1, 0.15) is 64.2 Å². The molecule has 2 heteroatoms. The number of carbonyl (C=O) groups excluding carboxylic acids is 1. The third-order valence-corrected chi connectivity index (χ3v) is 5.60. The van der Waals surface area contributed by atoms with E-state index in [1.165, 1.54) is 57.8 Å². The fraction of sp³-hybridized carbons (Fsp3) is 0.933. The number of nitrogens with one attached hydrogen (secondary N) is 1. The summed E-state index contributed by atoms with van der Waals surface area (Å²) < 4.78 is 0. The van der Waals surface area contributed by atoms with Crippen molar-refractivity contribution in [2.45, 2.75) is 64.2 Å². The minimum Gasteiger partial charge on any atom is -0.356 e. The summed E-state index contributed by atoms with van der Waals surface area (Å²) in [6.45, 7) is 0.979. The molecule has 1 saturated heterocycles. The second-order valence-electron chi connectivity index (χ2n) is 6.57. The number of hydrogen-bond donors (Lipinski definition) is 1. The third kappa shape index (κ3) is 2.11. The summed E-state index contributed by atoms with van der Waals surface area (Å²) in [4.78, 5) is 11.6. The van der Waals surface area contributed by atoms with Crippen LogP contribution in [0.15, 0.2) is 0 Å². The highest BCUT2D eigenvalue weighted by atomic mass is 16.1. The van der Waals surface area contributed by atoms with Crippen LogP contribution in [0.25, 0.3) is 0 Å². The highest BCUT2D eigenvalue weighted by molar-refractivity contribution is 5.79. The highest BCUT2D eigenvalue weighted by Crippen LogP contribution is 2.51. The molecule has 3 fully saturated rings.